The summed E-state index contributed by atoms with van der Waals surface area (Å²) < 4.78 is 0. The Morgan fingerprint density at radius 1 is 1.05 bits per heavy atom. The van der Waals surface area contributed by atoms with Crippen molar-refractivity contribution >= 4 is 0 Å². The Morgan fingerprint density at radius 2 is 1.85 bits per heavy atom. The highest BCUT2D eigenvalue weighted by atomic mass is 14.9. The van der Waals surface area contributed by atoms with Crippen molar-refractivity contribution in [2.24, 2.45) is 0 Å². The Hall–Kier alpha value is -1.08. The van der Waals surface area contributed by atoms with Gasteiger partial charge in [-0.05, 0) is 50.6 Å². The summed E-state index contributed by atoms with van der Waals surface area (Å²) in [5.41, 5.74) is 3.13. The molecule has 0 aromatic heterocycles. The minimum absolute atomic E-state index is 0.582. The molecule has 1 aliphatic carbocycles. The third kappa shape index (κ3) is 5.13. The Balaban J connectivity index is 1.94. The summed E-state index contributed by atoms with van der Waals surface area (Å²) in [6, 6.07) is 11.5. The van der Waals surface area contributed by atoms with Crippen LogP contribution in [0.2, 0.25) is 0 Å². The molecular weight excluding hydrogens is 242 g/mol. The van der Waals surface area contributed by atoms with E-state index >= 15 is 0 Å². The van der Waals surface area contributed by atoms with Gasteiger partial charge >= 0.3 is 0 Å². The van der Waals surface area contributed by atoms with Crippen LogP contribution in [0.5, 0.6) is 0 Å². The molecule has 1 heteroatoms. The lowest BCUT2D eigenvalue weighted by molar-refractivity contribution is 0.513. The summed E-state index contributed by atoms with van der Waals surface area (Å²) in [6.07, 6.45) is 13.1. The van der Waals surface area contributed by atoms with Crippen LogP contribution in [0.3, 0.4) is 0 Å². The van der Waals surface area contributed by atoms with Gasteiger partial charge < -0.3 is 5.32 Å². The lowest BCUT2D eigenvalue weighted by Gasteiger charge is -2.23. The van der Waals surface area contributed by atoms with Gasteiger partial charge in [-0.3, -0.25) is 0 Å². The Kier molecular flexibility index (Phi) is 6.86. The van der Waals surface area contributed by atoms with Crippen molar-refractivity contribution in [3.05, 3.63) is 47.5 Å². The summed E-state index contributed by atoms with van der Waals surface area (Å²) in [5.74, 6) is 0. The maximum absolute atomic E-state index is 3.70. The predicted octanol–water partition coefficient (Wildman–Crippen LogP) is 4.88. The van der Waals surface area contributed by atoms with Gasteiger partial charge in [-0.2, -0.15) is 0 Å². The van der Waals surface area contributed by atoms with E-state index in [9.17, 15) is 0 Å². The van der Waals surface area contributed by atoms with E-state index < -0.39 is 0 Å². The molecule has 0 amide bonds. The van der Waals surface area contributed by atoms with E-state index in [1.807, 2.05) is 0 Å². The number of likely N-dealkylation sites (N-methyl/N-ethyl adjacent to an activating group) is 1. The second-order valence-corrected chi connectivity index (χ2v) is 5.87. The smallest absolute Gasteiger partial charge is 0.0282 e. The summed E-state index contributed by atoms with van der Waals surface area (Å²) in [6.45, 7) is 3.29. The molecule has 2 rings (SSSR count). The number of hydrogen-bond donors (Lipinski definition) is 1. The Morgan fingerprint density at radius 3 is 2.65 bits per heavy atom. The van der Waals surface area contributed by atoms with Crippen LogP contribution in [0, 0.1) is 0 Å². The first kappa shape index (κ1) is 15.3. The summed E-state index contributed by atoms with van der Waals surface area (Å²) in [7, 11) is 0. The first-order valence-corrected chi connectivity index (χ1v) is 8.36. The van der Waals surface area contributed by atoms with Crippen LogP contribution < -0.4 is 5.32 Å². The molecule has 0 radical (unpaired) electrons. The van der Waals surface area contributed by atoms with Crippen LogP contribution in [0.4, 0.5) is 0 Å². The highest BCUT2D eigenvalue weighted by Crippen LogP contribution is 2.22. The van der Waals surface area contributed by atoms with E-state index in [4.69, 9.17) is 0 Å². The van der Waals surface area contributed by atoms with E-state index in [-0.39, 0.29) is 0 Å². The number of rotatable bonds is 6. The average molecular weight is 271 g/mol. The first-order chi connectivity index (χ1) is 9.90. The minimum atomic E-state index is 0.582. The quantitative estimate of drug-likeness (QED) is 0.727. The molecule has 0 saturated carbocycles. The van der Waals surface area contributed by atoms with Gasteiger partial charge in [0.1, 0.15) is 0 Å². The van der Waals surface area contributed by atoms with Crippen LogP contribution >= 0.6 is 0 Å². The molecule has 1 unspecified atom stereocenters. The fourth-order valence-electron chi connectivity index (χ4n) is 3.15. The zero-order chi connectivity index (χ0) is 14.0. The van der Waals surface area contributed by atoms with Crippen molar-refractivity contribution in [3.63, 3.8) is 0 Å². The van der Waals surface area contributed by atoms with Crippen LogP contribution in [0.25, 0.3) is 0 Å². The largest absolute Gasteiger partial charge is 0.311 e. The van der Waals surface area contributed by atoms with Gasteiger partial charge in [0.15, 0.2) is 0 Å². The fraction of sp³-hybridized carbons (Fsp3) is 0.579. The van der Waals surface area contributed by atoms with Gasteiger partial charge in [0.25, 0.3) is 0 Å². The second kappa shape index (κ2) is 8.97. The molecule has 1 aromatic carbocycles. The Labute approximate surface area is 124 Å². The Bertz CT molecular complexity index is 393. The zero-order valence-corrected chi connectivity index (χ0v) is 12.9. The highest BCUT2D eigenvalue weighted by Gasteiger charge is 2.14. The van der Waals surface area contributed by atoms with E-state index in [2.05, 4.69) is 48.6 Å². The van der Waals surface area contributed by atoms with Crippen molar-refractivity contribution in [2.45, 2.75) is 64.3 Å². The first-order valence-electron chi connectivity index (χ1n) is 8.36. The van der Waals surface area contributed by atoms with E-state index in [0.29, 0.717) is 6.04 Å². The molecule has 1 atom stereocenters. The maximum Gasteiger partial charge on any atom is 0.0282 e. The molecule has 110 valence electrons. The normalized spacial score (nSPS) is 20.6. The van der Waals surface area contributed by atoms with Gasteiger partial charge in [0, 0.05) is 6.04 Å². The van der Waals surface area contributed by atoms with Crippen LogP contribution in [-0.4, -0.2) is 12.6 Å². The highest BCUT2D eigenvalue weighted by molar-refractivity contribution is 5.17. The number of aryl methyl sites for hydroxylation is 1. The number of allylic oxidation sites excluding steroid dienone is 1. The molecule has 20 heavy (non-hydrogen) atoms. The predicted molar refractivity (Wildman–Crippen MR) is 88.0 cm³/mol. The average Bonchev–Trinajstić information content (AvgIpc) is 2.45. The fourth-order valence-corrected chi connectivity index (χ4v) is 3.15. The van der Waals surface area contributed by atoms with Crippen LogP contribution in [0.15, 0.2) is 42.0 Å². The molecule has 0 aliphatic heterocycles. The number of hydrogen-bond acceptors (Lipinski definition) is 1. The van der Waals surface area contributed by atoms with Gasteiger partial charge in [-0.25, -0.2) is 0 Å². The van der Waals surface area contributed by atoms with Gasteiger partial charge in [0.2, 0.25) is 0 Å². The van der Waals surface area contributed by atoms with Crippen molar-refractivity contribution in [1.29, 1.82) is 0 Å². The van der Waals surface area contributed by atoms with Crippen LogP contribution in [0.1, 0.15) is 57.4 Å². The number of benzene rings is 1. The minimum Gasteiger partial charge on any atom is -0.311 e. The summed E-state index contributed by atoms with van der Waals surface area (Å²) >= 11 is 0. The molecule has 0 heterocycles. The second-order valence-electron chi connectivity index (χ2n) is 5.87. The molecule has 0 bridgehead atoms. The lowest BCUT2D eigenvalue weighted by atomic mass is 9.91. The molecule has 1 nitrogen and oxygen atoms in total. The van der Waals surface area contributed by atoms with Crippen molar-refractivity contribution in [1.82, 2.24) is 5.32 Å². The SMILES string of the molecule is CCNC(CCc1ccccc1)/C1=C/CCCCCC1. The third-order valence-electron chi connectivity index (χ3n) is 4.29. The van der Waals surface area contributed by atoms with Gasteiger partial charge in [0.05, 0.1) is 0 Å². The van der Waals surface area contributed by atoms with Crippen LogP contribution in [-0.2, 0) is 6.42 Å². The monoisotopic (exact) mass is 271 g/mol. The molecule has 1 aliphatic rings. The van der Waals surface area contributed by atoms with Crippen molar-refractivity contribution < 1.29 is 0 Å². The molecule has 0 saturated heterocycles. The third-order valence-corrected chi connectivity index (χ3v) is 4.29. The van der Waals surface area contributed by atoms with E-state index in [1.165, 1.54) is 56.9 Å². The molecule has 0 fully saturated rings. The summed E-state index contributed by atoms with van der Waals surface area (Å²) in [4.78, 5) is 0. The van der Waals surface area contributed by atoms with Gasteiger partial charge in [-0.15, -0.1) is 0 Å². The van der Waals surface area contributed by atoms with Crippen molar-refractivity contribution in [3.8, 4) is 0 Å². The molecule has 0 spiro atoms. The van der Waals surface area contributed by atoms with E-state index in [0.717, 1.165) is 6.54 Å². The lowest BCUT2D eigenvalue weighted by Crippen LogP contribution is -2.31. The zero-order valence-electron chi connectivity index (χ0n) is 12.9. The maximum atomic E-state index is 3.70. The molecule has 1 aromatic rings. The van der Waals surface area contributed by atoms with Gasteiger partial charge in [-0.1, -0.05) is 61.7 Å². The molecular formula is C19H29N. The van der Waals surface area contributed by atoms with E-state index in [1.54, 1.807) is 5.57 Å². The standard InChI is InChI=1S/C19H29N/c1-2-20-19(16-15-17-11-7-6-8-12-17)18-13-9-4-3-5-10-14-18/h6-8,11-13,19-20H,2-5,9-10,14-16H2,1H3/b18-13+. The summed E-state index contributed by atoms with van der Waals surface area (Å²) in [5, 5.41) is 3.70. The number of nitrogens with one attached hydrogen (secondary N) is 1. The molecule has 1 N–H and O–H groups in total. The topological polar surface area (TPSA) is 12.0 Å². The van der Waals surface area contributed by atoms with Crippen molar-refractivity contribution in [2.75, 3.05) is 6.54 Å².